The molecule has 0 unspecified atom stereocenters. The van der Waals surface area contributed by atoms with Gasteiger partial charge in [-0.25, -0.2) is 4.79 Å². The molecule has 0 spiro atoms. The number of benzene rings is 1. The average Bonchev–Trinajstić information content (AvgIpc) is 2.40. The number of hydrogen-bond acceptors (Lipinski definition) is 3. The van der Waals surface area contributed by atoms with Crippen LogP contribution in [0.25, 0.3) is 0 Å². The van der Waals surface area contributed by atoms with Crippen molar-refractivity contribution >= 4 is 6.09 Å². The third kappa shape index (κ3) is 4.74. The van der Waals surface area contributed by atoms with Crippen LogP contribution in [0, 0.1) is 0 Å². The van der Waals surface area contributed by atoms with Gasteiger partial charge in [0.05, 0.1) is 0 Å². The van der Waals surface area contributed by atoms with Gasteiger partial charge in [0.15, 0.2) is 0 Å². The summed E-state index contributed by atoms with van der Waals surface area (Å²) in [5, 5.41) is 0. The first-order valence-corrected chi connectivity index (χ1v) is 7.61. The summed E-state index contributed by atoms with van der Waals surface area (Å²) in [4.78, 5) is 16.3. The number of hydrogen-bond donors (Lipinski definition) is 0. The summed E-state index contributed by atoms with van der Waals surface area (Å²) in [6.07, 6.45) is -0.200. The molecule has 116 valence electrons. The minimum absolute atomic E-state index is 0.200. The van der Waals surface area contributed by atoms with Crippen molar-refractivity contribution in [1.29, 1.82) is 0 Å². The zero-order valence-electron chi connectivity index (χ0n) is 13.5. The third-order valence-electron chi connectivity index (χ3n) is 3.65. The van der Waals surface area contributed by atoms with E-state index >= 15 is 0 Å². The molecular formula is C17H26N2O2. The maximum atomic E-state index is 12.1. The molecule has 0 saturated carbocycles. The van der Waals surface area contributed by atoms with Crippen LogP contribution in [-0.2, 0) is 11.3 Å². The fourth-order valence-electron chi connectivity index (χ4n) is 2.54. The molecule has 4 heteroatoms. The molecule has 1 saturated heterocycles. The Bertz CT molecular complexity index is 467. The molecule has 0 bridgehead atoms. The van der Waals surface area contributed by atoms with E-state index in [-0.39, 0.29) is 6.09 Å². The van der Waals surface area contributed by atoms with Crippen LogP contribution in [-0.4, -0.2) is 47.2 Å². The molecule has 1 amide bonds. The molecule has 1 aromatic carbocycles. The zero-order valence-corrected chi connectivity index (χ0v) is 13.5. The predicted molar refractivity (Wildman–Crippen MR) is 84.1 cm³/mol. The standard InChI is InChI=1S/C17H26N2O2/c1-14-12-19(16(20)21-17(2,3)4)11-10-18(14)13-15-8-6-5-7-9-15/h5-9,14H,10-13H2,1-4H3/t14-/m0/s1. The molecule has 0 N–H and O–H groups in total. The highest BCUT2D eigenvalue weighted by Gasteiger charge is 2.29. The van der Waals surface area contributed by atoms with Gasteiger partial charge in [0.2, 0.25) is 0 Å². The maximum Gasteiger partial charge on any atom is 0.410 e. The molecule has 0 aromatic heterocycles. The van der Waals surface area contributed by atoms with E-state index in [9.17, 15) is 4.79 Å². The second-order valence-corrected chi connectivity index (χ2v) is 6.73. The van der Waals surface area contributed by atoms with E-state index in [0.717, 1.165) is 26.2 Å². The minimum Gasteiger partial charge on any atom is -0.444 e. The molecule has 4 nitrogen and oxygen atoms in total. The highest BCUT2D eigenvalue weighted by atomic mass is 16.6. The molecule has 1 aliphatic rings. The van der Waals surface area contributed by atoms with Crippen LogP contribution in [0.4, 0.5) is 4.79 Å². The first-order chi connectivity index (χ1) is 9.85. The largest absolute Gasteiger partial charge is 0.444 e. The summed E-state index contributed by atoms with van der Waals surface area (Å²) < 4.78 is 5.45. The minimum atomic E-state index is -0.429. The van der Waals surface area contributed by atoms with Crippen molar-refractivity contribution in [2.24, 2.45) is 0 Å². The summed E-state index contributed by atoms with van der Waals surface area (Å²) in [6.45, 7) is 11.1. The Hall–Kier alpha value is -1.55. The summed E-state index contributed by atoms with van der Waals surface area (Å²) in [5.74, 6) is 0. The van der Waals surface area contributed by atoms with Gasteiger partial charge in [-0.1, -0.05) is 30.3 Å². The number of nitrogens with zero attached hydrogens (tertiary/aromatic N) is 2. The normalized spacial score (nSPS) is 20.4. The number of ether oxygens (including phenoxy) is 1. The van der Waals surface area contributed by atoms with Gasteiger partial charge in [-0.3, -0.25) is 4.90 Å². The van der Waals surface area contributed by atoms with Gasteiger partial charge in [-0.15, -0.1) is 0 Å². The SMILES string of the molecule is C[C@H]1CN(C(=O)OC(C)(C)C)CCN1Cc1ccccc1. The van der Waals surface area contributed by atoms with Gasteiger partial charge in [-0.2, -0.15) is 0 Å². The molecule has 1 atom stereocenters. The lowest BCUT2D eigenvalue weighted by Crippen LogP contribution is -2.54. The smallest absolute Gasteiger partial charge is 0.410 e. The van der Waals surface area contributed by atoms with Crippen LogP contribution in [0.1, 0.15) is 33.3 Å². The molecular weight excluding hydrogens is 264 g/mol. The van der Waals surface area contributed by atoms with Crippen molar-refractivity contribution in [2.75, 3.05) is 19.6 Å². The summed E-state index contributed by atoms with van der Waals surface area (Å²) in [5.41, 5.74) is 0.886. The maximum absolute atomic E-state index is 12.1. The molecule has 1 fully saturated rings. The van der Waals surface area contributed by atoms with Gasteiger partial charge in [0.1, 0.15) is 5.60 Å². The van der Waals surface area contributed by atoms with Gasteiger partial charge in [0.25, 0.3) is 0 Å². The predicted octanol–water partition coefficient (Wildman–Crippen LogP) is 3.13. The van der Waals surface area contributed by atoms with Crippen molar-refractivity contribution in [3.63, 3.8) is 0 Å². The Morgan fingerprint density at radius 3 is 2.48 bits per heavy atom. The van der Waals surface area contributed by atoms with E-state index in [1.807, 2.05) is 31.7 Å². The molecule has 1 aromatic rings. The van der Waals surface area contributed by atoms with Crippen molar-refractivity contribution < 1.29 is 9.53 Å². The van der Waals surface area contributed by atoms with E-state index < -0.39 is 5.60 Å². The number of carbonyl (C=O) groups is 1. The molecule has 21 heavy (non-hydrogen) atoms. The Kier molecular flexibility index (Phi) is 4.88. The van der Waals surface area contributed by atoms with Crippen molar-refractivity contribution in [3.8, 4) is 0 Å². The van der Waals surface area contributed by atoms with Crippen molar-refractivity contribution in [3.05, 3.63) is 35.9 Å². The van der Waals surface area contributed by atoms with Crippen LogP contribution in [0.15, 0.2) is 30.3 Å². The molecule has 0 aliphatic carbocycles. The van der Waals surface area contributed by atoms with Crippen molar-refractivity contribution in [2.45, 2.75) is 45.9 Å². The highest BCUT2D eigenvalue weighted by molar-refractivity contribution is 5.68. The van der Waals surface area contributed by atoms with Gasteiger partial charge < -0.3 is 9.64 Å². The molecule has 1 aliphatic heterocycles. The van der Waals surface area contributed by atoms with E-state index in [2.05, 4.69) is 36.1 Å². The van der Waals surface area contributed by atoms with Gasteiger partial charge >= 0.3 is 6.09 Å². The van der Waals surface area contributed by atoms with Gasteiger partial charge in [0, 0.05) is 32.2 Å². The van der Waals surface area contributed by atoms with E-state index in [0.29, 0.717) is 6.04 Å². The first-order valence-electron chi connectivity index (χ1n) is 7.61. The Labute approximate surface area is 127 Å². The number of rotatable bonds is 2. The lowest BCUT2D eigenvalue weighted by atomic mass is 10.1. The number of amides is 1. The highest BCUT2D eigenvalue weighted by Crippen LogP contribution is 2.16. The van der Waals surface area contributed by atoms with E-state index in [1.165, 1.54) is 5.56 Å². The molecule has 0 radical (unpaired) electrons. The van der Waals surface area contributed by atoms with Crippen molar-refractivity contribution in [1.82, 2.24) is 9.80 Å². The van der Waals surface area contributed by atoms with Crippen LogP contribution < -0.4 is 0 Å². The Morgan fingerprint density at radius 1 is 1.24 bits per heavy atom. The summed E-state index contributed by atoms with van der Waals surface area (Å²) in [6, 6.07) is 10.8. The average molecular weight is 290 g/mol. The monoisotopic (exact) mass is 290 g/mol. The summed E-state index contributed by atoms with van der Waals surface area (Å²) >= 11 is 0. The van der Waals surface area contributed by atoms with E-state index in [4.69, 9.17) is 4.74 Å². The lowest BCUT2D eigenvalue weighted by molar-refractivity contribution is 0.00461. The van der Waals surface area contributed by atoms with Crippen LogP contribution in [0.2, 0.25) is 0 Å². The van der Waals surface area contributed by atoms with Crippen LogP contribution >= 0.6 is 0 Å². The zero-order chi connectivity index (χ0) is 15.5. The second kappa shape index (κ2) is 6.48. The molecule has 2 rings (SSSR count). The van der Waals surface area contributed by atoms with Crippen LogP contribution in [0.5, 0.6) is 0 Å². The third-order valence-corrected chi connectivity index (χ3v) is 3.65. The quantitative estimate of drug-likeness (QED) is 0.839. The number of piperazine rings is 1. The van der Waals surface area contributed by atoms with E-state index in [1.54, 1.807) is 0 Å². The summed E-state index contributed by atoms with van der Waals surface area (Å²) in [7, 11) is 0. The van der Waals surface area contributed by atoms with Gasteiger partial charge in [-0.05, 0) is 33.3 Å². The fourth-order valence-corrected chi connectivity index (χ4v) is 2.54. The second-order valence-electron chi connectivity index (χ2n) is 6.73. The first kappa shape index (κ1) is 15.8. The Morgan fingerprint density at radius 2 is 1.90 bits per heavy atom. The Balaban J connectivity index is 1.89. The lowest BCUT2D eigenvalue weighted by Gasteiger charge is -2.40. The topological polar surface area (TPSA) is 32.8 Å². The number of carbonyl (C=O) groups excluding carboxylic acids is 1. The molecule has 1 heterocycles. The fraction of sp³-hybridized carbons (Fsp3) is 0.588. The van der Waals surface area contributed by atoms with Crippen LogP contribution in [0.3, 0.4) is 0 Å².